The molecule has 2 atom stereocenters. The maximum absolute atomic E-state index is 11.7. The van der Waals surface area contributed by atoms with Gasteiger partial charge in [-0.2, -0.15) is 0 Å². The molecular formula is C24H42O6. The molecular weight excluding hydrogens is 384 g/mol. The number of hydrogen-bond donors (Lipinski definition) is 0. The maximum atomic E-state index is 11.7. The van der Waals surface area contributed by atoms with E-state index in [0.29, 0.717) is 63.6 Å². The monoisotopic (exact) mass is 426 g/mol. The molecule has 2 unspecified atom stereocenters. The second-order valence-corrected chi connectivity index (χ2v) is 8.62. The van der Waals surface area contributed by atoms with Gasteiger partial charge in [-0.3, -0.25) is 9.59 Å². The quantitative estimate of drug-likeness (QED) is 0.208. The molecule has 0 N–H and O–H groups in total. The van der Waals surface area contributed by atoms with Crippen LogP contribution in [0.2, 0.25) is 0 Å². The first kappa shape index (κ1) is 28.3. The Hall–Kier alpha value is -1.72. The van der Waals surface area contributed by atoms with Gasteiger partial charge in [0.1, 0.15) is 11.6 Å². The second-order valence-electron chi connectivity index (χ2n) is 8.62. The van der Waals surface area contributed by atoms with Gasteiger partial charge in [-0.25, -0.2) is 0 Å². The average Bonchev–Trinajstić information content (AvgIpc) is 2.64. The average molecular weight is 427 g/mol. The van der Waals surface area contributed by atoms with Crippen molar-refractivity contribution in [2.24, 2.45) is 11.8 Å². The van der Waals surface area contributed by atoms with E-state index < -0.39 is 0 Å². The van der Waals surface area contributed by atoms with Crippen LogP contribution >= 0.6 is 0 Å². The minimum absolute atomic E-state index is 0.216. The third-order valence-corrected chi connectivity index (χ3v) is 5.21. The minimum Gasteiger partial charge on any atom is -0.466 e. The highest BCUT2D eigenvalue weighted by Crippen LogP contribution is 2.14. The molecule has 0 fully saturated rings. The number of ether oxygens (including phenoxy) is 2. The Kier molecular flexibility index (Phi) is 17.0. The van der Waals surface area contributed by atoms with Crippen LogP contribution in [0.3, 0.4) is 0 Å². The smallest absolute Gasteiger partial charge is 0.305 e. The minimum atomic E-state index is -0.223. The van der Waals surface area contributed by atoms with Crippen molar-refractivity contribution in [3.63, 3.8) is 0 Å². The standard InChI is InChI=1S/C24H42O6/c1-19(9-7-11-21(3)25)15-17-29-23(27)13-5-6-14-24(28)30-18-16-20(2)10-8-12-22(4)26/h19-20H,5-18H2,1-4H3. The largest absolute Gasteiger partial charge is 0.466 e. The van der Waals surface area contributed by atoms with E-state index in [1.54, 1.807) is 13.8 Å². The van der Waals surface area contributed by atoms with Crippen LogP contribution in [0, 0.1) is 11.8 Å². The van der Waals surface area contributed by atoms with Crippen molar-refractivity contribution in [3.05, 3.63) is 0 Å². The van der Waals surface area contributed by atoms with Gasteiger partial charge in [0, 0.05) is 25.7 Å². The highest BCUT2D eigenvalue weighted by atomic mass is 16.5. The molecule has 0 amide bonds. The zero-order valence-electron chi connectivity index (χ0n) is 19.5. The molecule has 0 saturated heterocycles. The van der Waals surface area contributed by atoms with Crippen LogP contribution in [-0.4, -0.2) is 36.7 Å². The Labute approximate surface area is 182 Å². The highest BCUT2D eigenvalue weighted by Gasteiger charge is 2.09. The van der Waals surface area contributed by atoms with Crippen LogP contribution in [0.25, 0.3) is 0 Å². The Morgan fingerprint density at radius 3 is 1.27 bits per heavy atom. The fraction of sp³-hybridized carbons (Fsp3) is 0.833. The van der Waals surface area contributed by atoms with Crippen LogP contribution in [0.4, 0.5) is 0 Å². The molecule has 0 saturated carbocycles. The Balaban J connectivity index is 3.58. The van der Waals surface area contributed by atoms with E-state index >= 15 is 0 Å². The molecule has 174 valence electrons. The van der Waals surface area contributed by atoms with Crippen molar-refractivity contribution in [2.45, 2.75) is 105 Å². The lowest BCUT2D eigenvalue weighted by atomic mass is 10.0. The topological polar surface area (TPSA) is 86.7 Å². The fourth-order valence-electron chi connectivity index (χ4n) is 3.12. The summed E-state index contributed by atoms with van der Waals surface area (Å²) in [6, 6.07) is 0. The SMILES string of the molecule is CC(=O)CCCC(C)CCOC(=O)CCCCC(=O)OCCC(C)CCCC(C)=O. The molecule has 0 aliphatic heterocycles. The Bertz CT molecular complexity index is 468. The number of carbonyl (C=O) groups is 4. The van der Waals surface area contributed by atoms with Crippen molar-refractivity contribution < 1.29 is 28.7 Å². The summed E-state index contributed by atoms with van der Waals surface area (Å²) >= 11 is 0. The molecule has 0 bridgehead atoms. The summed E-state index contributed by atoms with van der Waals surface area (Å²) < 4.78 is 10.5. The Morgan fingerprint density at radius 2 is 0.933 bits per heavy atom. The summed E-state index contributed by atoms with van der Waals surface area (Å²) in [6.07, 6.45) is 8.43. The van der Waals surface area contributed by atoms with Crippen LogP contribution in [-0.2, 0) is 28.7 Å². The molecule has 0 radical (unpaired) electrons. The molecule has 0 aromatic heterocycles. The van der Waals surface area contributed by atoms with Gasteiger partial charge < -0.3 is 19.1 Å². The molecule has 0 aromatic carbocycles. The van der Waals surface area contributed by atoms with Gasteiger partial charge in [0.05, 0.1) is 13.2 Å². The van der Waals surface area contributed by atoms with E-state index in [1.807, 2.05) is 0 Å². The van der Waals surface area contributed by atoms with E-state index in [0.717, 1.165) is 38.5 Å². The third kappa shape index (κ3) is 19.6. The number of carbonyl (C=O) groups excluding carboxylic acids is 4. The number of hydrogen-bond acceptors (Lipinski definition) is 6. The van der Waals surface area contributed by atoms with Gasteiger partial charge in [-0.15, -0.1) is 0 Å². The van der Waals surface area contributed by atoms with Crippen LogP contribution < -0.4 is 0 Å². The highest BCUT2D eigenvalue weighted by molar-refractivity contribution is 5.75. The van der Waals surface area contributed by atoms with Crippen LogP contribution in [0.5, 0.6) is 0 Å². The first-order valence-corrected chi connectivity index (χ1v) is 11.5. The van der Waals surface area contributed by atoms with Crippen molar-refractivity contribution in [1.29, 1.82) is 0 Å². The van der Waals surface area contributed by atoms with Gasteiger partial charge in [0.15, 0.2) is 0 Å². The van der Waals surface area contributed by atoms with E-state index in [4.69, 9.17) is 9.47 Å². The first-order valence-electron chi connectivity index (χ1n) is 11.5. The summed E-state index contributed by atoms with van der Waals surface area (Å²) in [5.41, 5.74) is 0. The number of rotatable bonds is 19. The fourth-order valence-corrected chi connectivity index (χ4v) is 3.12. The van der Waals surface area contributed by atoms with Gasteiger partial charge in [-0.1, -0.05) is 26.7 Å². The number of ketones is 2. The first-order chi connectivity index (χ1) is 14.2. The second kappa shape index (κ2) is 18.1. The number of Topliss-reactive ketones (excluding diaryl/α,β-unsaturated/α-hetero) is 2. The van der Waals surface area contributed by atoms with Crippen LogP contribution in [0.1, 0.15) is 105 Å². The molecule has 0 aliphatic carbocycles. The zero-order chi connectivity index (χ0) is 22.8. The molecule has 0 aromatic rings. The molecule has 0 heterocycles. The van der Waals surface area contributed by atoms with Gasteiger partial charge >= 0.3 is 11.9 Å². The van der Waals surface area contributed by atoms with E-state index in [9.17, 15) is 19.2 Å². The summed E-state index contributed by atoms with van der Waals surface area (Å²) in [5.74, 6) is 0.853. The van der Waals surface area contributed by atoms with E-state index in [2.05, 4.69) is 13.8 Å². The molecule has 6 nitrogen and oxygen atoms in total. The van der Waals surface area contributed by atoms with Gasteiger partial charge in [0.2, 0.25) is 0 Å². The molecule has 30 heavy (non-hydrogen) atoms. The van der Waals surface area contributed by atoms with Crippen molar-refractivity contribution in [1.82, 2.24) is 0 Å². The summed E-state index contributed by atoms with van der Waals surface area (Å²) in [4.78, 5) is 45.3. The normalized spacial score (nSPS) is 12.8. The molecule has 0 rings (SSSR count). The van der Waals surface area contributed by atoms with Gasteiger partial charge in [0.25, 0.3) is 0 Å². The lowest BCUT2D eigenvalue weighted by Gasteiger charge is -2.11. The van der Waals surface area contributed by atoms with Crippen molar-refractivity contribution in [3.8, 4) is 0 Å². The number of unbranched alkanes of at least 4 members (excludes halogenated alkanes) is 1. The zero-order valence-corrected chi connectivity index (χ0v) is 19.5. The summed E-state index contributed by atoms with van der Waals surface area (Å²) in [6.45, 7) is 8.23. The van der Waals surface area contributed by atoms with Crippen molar-refractivity contribution in [2.75, 3.05) is 13.2 Å². The van der Waals surface area contributed by atoms with Crippen LogP contribution in [0.15, 0.2) is 0 Å². The molecule has 6 heteroatoms. The lowest BCUT2D eigenvalue weighted by molar-refractivity contribution is -0.146. The predicted octanol–water partition coefficient (Wildman–Crippen LogP) is 5.20. The predicted molar refractivity (Wildman–Crippen MR) is 117 cm³/mol. The molecule has 0 spiro atoms. The van der Waals surface area contributed by atoms with E-state index in [1.165, 1.54) is 0 Å². The maximum Gasteiger partial charge on any atom is 0.305 e. The third-order valence-electron chi connectivity index (χ3n) is 5.21. The van der Waals surface area contributed by atoms with Gasteiger partial charge in [-0.05, 0) is 64.2 Å². The number of esters is 2. The summed E-state index contributed by atoms with van der Waals surface area (Å²) in [7, 11) is 0. The Morgan fingerprint density at radius 1 is 0.567 bits per heavy atom. The van der Waals surface area contributed by atoms with E-state index in [-0.39, 0.29) is 23.5 Å². The van der Waals surface area contributed by atoms with Crippen molar-refractivity contribution >= 4 is 23.5 Å². The molecule has 0 aliphatic rings. The lowest BCUT2D eigenvalue weighted by Crippen LogP contribution is -2.10. The summed E-state index contributed by atoms with van der Waals surface area (Å²) in [5, 5.41) is 0.